The van der Waals surface area contributed by atoms with E-state index < -0.39 is 17.8 Å². The molecule has 0 aromatic carbocycles. The normalized spacial score (nSPS) is 30.2. The summed E-state index contributed by atoms with van der Waals surface area (Å²) in [5, 5.41) is 12.4. The monoisotopic (exact) mass is 230 g/mol. The van der Waals surface area contributed by atoms with E-state index in [1.807, 2.05) is 0 Å². The first kappa shape index (κ1) is 13.3. The van der Waals surface area contributed by atoms with Crippen LogP contribution in [0.3, 0.4) is 0 Å². The van der Waals surface area contributed by atoms with E-state index >= 15 is 0 Å². The van der Waals surface area contributed by atoms with E-state index in [0.717, 1.165) is 6.42 Å². The minimum atomic E-state index is -0.513. The van der Waals surface area contributed by atoms with Crippen LogP contribution < -0.4 is 11.1 Å². The predicted octanol–water partition coefficient (Wildman–Crippen LogP) is 0.609. The van der Waals surface area contributed by atoms with Gasteiger partial charge >= 0.3 is 6.09 Å². The largest absolute Gasteiger partial charge is 0.444 e. The summed E-state index contributed by atoms with van der Waals surface area (Å²) in [4.78, 5) is 11.5. The van der Waals surface area contributed by atoms with E-state index in [1.165, 1.54) is 0 Å². The Labute approximate surface area is 96.3 Å². The minimum absolute atomic E-state index is 0.233. The molecule has 5 nitrogen and oxygen atoms in total. The molecule has 0 aliphatic heterocycles. The number of amides is 1. The molecule has 0 heterocycles. The standard InChI is InChI=1S/C11H22N2O3/c1-11(2,3)16-10(15)13-8-4-7(6-12)5-9(8)14/h7-9,14H,4-6,12H2,1-3H3,(H,13,15)/t7-,8+,9+/m0/s1. The third-order valence-electron chi connectivity index (χ3n) is 2.66. The zero-order valence-electron chi connectivity index (χ0n) is 10.2. The van der Waals surface area contributed by atoms with Crippen molar-refractivity contribution >= 4 is 6.09 Å². The highest BCUT2D eigenvalue weighted by Gasteiger charge is 2.34. The third kappa shape index (κ3) is 3.98. The first-order valence-corrected chi connectivity index (χ1v) is 5.69. The van der Waals surface area contributed by atoms with E-state index in [2.05, 4.69) is 5.32 Å². The Balaban J connectivity index is 2.40. The average Bonchev–Trinajstić information content (AvgIpc) is 2.44. The van der Waals surface area contributed by atoms with Crippen molar-refractivity contribution in [2.75, 3.05) is 6.54 Å². The van der Waals surface area contributed by atoms with Gasteiger partial charge in [0.1, 0.15) is 5.60 Å². The Morgan fingerprint density at radius 3 is 2.56 bits per heavy atom. The average molecular weight is 230 g/mol. The van der Waals surface area contributed by atoms with Gasteiger partial charge in [-0.15, -0.1) is 0 Å². The second kappa shape index (κ2) is 5.01. The predicted molar refractivity (Wildman–Crippen MR) is 60.9 cm³/mol. The van der Waals surface area contributed by atoms with Gasteiger partial charge in [0.2, 0.25) is 0 Å². The van der Waals surface area contributed by atoms with Crippen LogP contribution in [0.2, 0.25) is 0 Å². The lowest BCUT2D eigenvalue weighted by Crippen LogP contribution is -2.42. The molecular weight excluding hydrogens is 208 g/mol. The maximum Gasteiger partial charge on any atom is 0.407 e. The lowest BCUT2D eigenvalue weighted by atomic mass is 10.1. The first-order chi connectivity index (χ1) is 7.31. The van der Waals surface area contributed by atoms with Gasteiger partial charge in [0, 0.05) is 0 Å². The molecule has 1 saturated carbocycles. The van der Waals surface area contributed by atoms with Gasteiger partial charge in [-0.3, -0.25) is 0 Å². The van der Waals surface area contributed by atoms with E-state index in [1.54, 1.807) is 20.8 Å². The quantitative estimate of drug-likeness (QED) is 0.649. The fourth-order valence-corrected chi connectivity index (χ4v) is 1.92. The molecule has 0 bridgehead atoms. The Morgan fingerprint density at radius 2 is 2.12 bits per heavy atom. The van der Waals surface area contributed by atoms with Gasteiger partial charge in [-0.25, -0.2) is 4.79 Å². The van der Waals surface area contributed by atoms with Crippen molar-refractivity contribution in [1.82, 2.24) is 5.32 Å². The fraction of sp³-hybridized carbons (Fsp3) is 0.909. The van der Waals surface area contributed by atoms with Crippen LogP contribution in [0.25, 0.3) is 0 Å². The molecule has 1 aliphatic carbocycles. The van der Waals surface area contributed by atoms with Crippen LogP contribution in [0.4, 0.5) is 4.79 Å². The molecule has 1 fully saturated rings. The second-order valence-corrected chi connectivity index (χ2v) is 5.39. The van der Waals surface area contributed by atoms with E-state index in [-0.39, 0.29) is 12.0 Å². The van der Waals surface area contributed by atoms with Gasteiger partial charge in [-0.05, 0) is 46.1 Å². The summed E-state index contributed by atoms with van der Waals surface area (Å²) in [6.07, 6.45) is 0.378. The second-order valence-electron chi connectivity index (χ2n) is 5.39. The molecule has 5 heteroatoms. The van der Waals surface area contributed by atoms with Gasteiger partial charge < -0.3 is 20.9 Å². The lowest BCUT2D eigenvalue weighted by molar-refractivity contribution is 0.0450. The number of aliphatic hydroxyl groups excluding tert-OH is 1. The number of nitrogens with two attached hydrogens (primary N) is 1. The van der Waals surface area contributed by atoms with Crippen molar-refractivity contribution in [3.8, 4) is 0 Å². The highest BCUT2D eigenvalue weighted by molar-refractivity contribution is 5.68. The van der Waals surface area contributed by atoms with E-state index in [4.69, 9.17) is 10.5 Å². The number of carbonyl (C=O) groups excluding carboxylic acids is 1. The molecule has 16 heavy (non-hydrogen) atoms. The molecule has 3 atom stereocenters. The maximum absolute atomic E-state index is 11.5. The molecule has 0 radical (unpaired) electrons. The number of rotatable bonds is 2. The summed E-state index contributed by atoms with van der Waals surface area (Å²) in [7, 11) is 0. The number of hydrogen-bond acceptors (Lipinski definition) is 4. The molecule has 0 aromatic rings. The van der Waals surface area contributed by atoms with Crippen LogP contribution in [-0.4, -0.2) is 35.5 Å². The molecule has 1 amide bonds. The zero-order chi connectivity index (χ0) is 12.3. The van der Waals surface area contributed by atoms with Crippen LogP contribution in [0.15, 0.2) is 0 Å². The molecule has 1 aliphatic rings. The summed E-state index contributed by atoms with van der Waals surface area (Å²) >= 11 is 0. The Morgan fingerprint density at radius 1 is 1.50 bits per heavy atom. The third-order valence-corrected chi connectivity index (χ3v) is 2.66. The molecule has 0 spiro atoms. The Bertz CT molecular complexity index is 250. The highest BCUT2D eigenvalue weighted by Crippen LogP contribution is 2.25. The summed E-state index contributed by atoms with van der Waals surface area (Å²) in [5.41, 5.74) is 5.02. The summed E-state index contributed by atoms with van der Waals surface area (Å²) < 4.78 is 5.12. The van der Waals surface area contributed by atoms with Crippen molar-refractivity contribution < 1.29 is 14.6 Å². The van der Waals surface area contributed by atoms with Gasteiger partial charge in [0.15, 0.2) is 0 Å². The van der Waals surface area contributed by atoms with Crippen LogP contribution in [0, 0.1) is 5.92 Å². The number of nitrogens with one attached hydrogen (secondary N) is 1. The smallest absolute Gasteiger partial charge is 0.407 e. The number of aliphatic hydroxyl groups is 1. The van der Waals surface area contributed by atoms with Crippen molar-refractivity contribution in [2.45, 2.75) is 51.4 Å². The zero-order valence-corrected chi connectivity index (χ0v) is 10.2. The Kier molecular flexibility index (Phi) is 4.15. The van der Waals surface area contributed by atoms with E-state index in [9.17, 15) is 9.90 Å². The number of alkyl carbamates (subject to hydrolysis) is 1. The fourth-order valence-electron chi connectivity index (χ4n) is 1.92. The molecule has 4 N–H and O–H groups in total. The van der Waals surface area contributed by atoms with Gasteiger partial charge in [-0.2, -0.15) is 0 Å². The van der Waals surface area contributed by atoms with Crippen LogP contribution in [0.1, 0.15) is 33.6 Å². The summed E-state index contributed by atoms with van der Waals surface area (Å²) in [6, 6.07) is -0.233. The summed E-state index contributed by atoms with van der Waals surface area (Å²) in [5.74, 6) is 0.287. The molecule has 0 aromatic heterocycles. The lowest BCUT2D eigenvalue weighted by Gasteiger charge is -2.22. The SMILES string of the molecule is CC(C)(C)OC(=O)N[C@@H]1C[C@H](CN)C[C@H]1O. The summed E-state index contributed by atoms with van der Waals surface area (Å²) in [6.45, 7) is 5.96. The molecule has 1 rings (SSSR count). The van der Waals surface area contributed by atoms with Crippen molar-refractivity contribution in [3.05, 3.63) is 0 Å². The molecule has 0 unspecified atom stereocenters. The van der Waals surface area contributed by atoms with Crippen LogP contribution >= 0.6 is 0 Å². The minimum Gasteiger partial charge on any atom is -0.444 e. The van der Waals surface area contributed by atoms with Crippen LogP contribution in [-0.2, 0) is 4.74 Å². The topological polar surface area (TPSA) is 84.6 Å². The van der Waals surface area contributed by atoms with Gasteiger partial charge in [-0.1, -0.05) is 0 Å². The van der Waals surface area contributed by atoms with Gasteiger partial charge in [0.25, 0.3) is 0 Å². The number of hydrogen-bond donors (Lipinski definition) is 3. The maximum atomic E-state index is 11.5. The van der Waals surface area contributed by atoms with Crippen molar-refractivity contribution in [2.24, 2.45) is 11.7 Å². The van der Waals surface area contributed by atoms with Crippen molar-refractivity contribution in [1.29, 1.82) is 0 Å². The molecule has 0 saturated heterocycles. The molecule has 94 valence electrons. The highest BCUT2D eigenvalue weighted by atomic mass is 16.6. The van der Waals surface area contributed by atoms with Gasteiger partial charge in [0.05, 0.1) is 12.1 Å². The van der Waals surface area contributed by atoms with E-state index in [0.29, 0.717) is 13.0 Å². The first-order valence-electron chi connectivity index (χ1n) is 5.69. The molecular formula is C11H22N2O3. The van der Waals surface area contributed by atoms with Crippen LogP contribution in [0.5, 0.6) is 0 Å². The number of ether oxygens (including phenoxy) is 1. The Hall–Kier alpha value is -0.810. The number of carbonyl (C=O) groups is 1. The van der Waals surface area contributed by atoms with Crippen molar-refractivity contribution in [3.63, 3.8) is 0 Å².